The lowest BCUT2D eigenvalue weighted by Crippen LogP contribution is -2.50. The highest BCUT2D eigenvalue weighted by Gasteiger charge is 2.39. The molecule has 2 aliphatic heterocycles. The number of thioether (sulfide) groups is 1. The monoisotopic (exact) mass is 616 g/mol. The zero-order valence-corrected chi connectivity index (χ0v) is 23.9. The van der Waals surface area contributed by atoms with E-state index in [2.05, 4.69) is 4.98 Å². The Morgan fingerprint density at radius 3 is 2.34 bits per heavy atom. The van der Waals surface area contributed by atoms with Crippen LogP contribution in [-0.2, 0) is 17.5 Å². The molecule has 1 fully saturated rings. The third-order valence-electron chi connectivity index (χ3n) is 6.79. The molecule has 3 heterocycles. The second-order valence-corrected chi connectivity index (χ2v) is 12.3. The fourth-order valence-electron chi connectivity index (χ4n) is 5.01. The van der Waals surface area contributed by atoms with Crippen LogP contribution in [0.4, 0.5) is 32.6 Å². The lowest BCUT2D eigenvalue weighted by atomic mass is 9.95. The van der Waals surface area contributed by atoms with Crippen molar-refractivity contribution in [1.82, 2.24) is 14.5 Å². The van der Waals surface area contributed by atoms with Gasteiger partial charge < -0.3 is 14.5 Å². The number of benzene rings is 2. The van der Waals surface area contributed by atoms with Gasteiger partial charge in [-0.25, -0.2) is 18.4 Å². The lowest BCUT2D eigenvalue weighted by molar-refractivity contribution is -0.137. The van der Waals surface area contributed by atoms with E-state index in [0.29, 0.717) is 18.2 Å². The van der Waals surface area contributed by atoms with Crippen molar-refractivity contribution in [2.75, 3.05) is 36.8 Å². The molecule has 0 bridgehead atoms. The summed E-state index contributed by atoms with van der Waals surface area (Å²) in [6.07, 6.45) is -5.00. The molecule has 0 aliphatic carbocycles. The highest BCUT2D eigenvalue weighted by Crippen LogP contribution is 2.49. The van der Waals surface area contributed by atoms with E-state index in [-0.39, 0.29) is 54.3 Å². The summed E-state index contributed by atoms with van der Waals surface area (Å²) in [5.74, 6) is -1.91. The smallest absolute Gasteiger partial charge is 0.417 e. The first kappa shape index (κ1) is 29.4. The first-order valence-corrected chi connectivity index (χ1v) is 14.2. The van der Waals surface area contributed by atoms with Crippen LogP contribution in [0.2, 0.25) is 5.02 Å². The Morgan fingerprint density at radius 2 is 1.71 bits per heavy atom. The van der Waals surface area contributed by atoms with Crippen molar-refractivity contribution >= 4 is 46.2 Å². The Labute approximate surface area is 241 Å². The summed E-state index contributed by atoms with van der Waals surface area (Å²) in [6.45, 7) is 6.22. The maximum atomic E-state index is 15.1. The number of nitrogens with zero attached hydrogens (tertiary/aromatic N) is 4. The number of piperazine rings is 1. The topological polar surface area (TPSA) is 67.7 Å². The molecule has 0 saturated carbocycles. The van der Waals surface area contributed by atoms with Crippen LogP contribution in [0, 0.1) is 11.6 Å². The number of amides is 1. The summed E-state index contributed by atoms with van der Waals surface area (Å²) in [5.41, 5.74) is -3.34. The summed E-state index contributed by atoms with van der Waals surface area (Å²) in [4.78, 5) is 33.2. The third-order valence-corrected chi connectivity index (χ3v) is 8.26. The molecule has 0 unspecified atom stereocenters. The lowest BCUT2D eigenvalue weighted by Gasteiger charge is -2.36. The van der Waals surface area contributed by atoms with Gasteiger partial charge in [0.25, 0.3) is 0 Å². The number of anilines is 1. The van der Waals surface area contributed by atoms with E-state index in [0.717, 1.165) is 23.9 Å². The summed E-state index contributed by atoms with van der Waals surface area (Å²) < 4.78 is 79.7. The molecule has 1 saturated heterocycles. The van der Waals surface area contributed by atoms with Crippen LogP contribution in [0.3, 0.4) is 0 Å². The van der Waals surface area contributed by atoms with Crippen LogP contribution < -0.4 is 10.6 Å². The molecule has 2 aromatic carbocycles. The average molecular weight is 617 g/mol. The largest absolute Gasteiger partial charge is 0.444 e. The number of ether oxygens (including phenoxy) is 1. The SMILES string of the molecule is CC(C)(C)OC(=O)N1CCN(c2nc(=O)n3c4c(c(-c5cc(Cl)c(F)cc5F)c(C(F)(F)F)cc24)SCCC3)CC1. The first-order valence-electron chi connectivity index (χ1n) is 12.8. The van der Waals surface area contributed by atoms with Gasteiger partial charge in [0.1, 0.15) is 23.1 Å². The number of carbonyl (C=O) groups excluding carboxylic acids is 1. The van der Waals surface area contributed by atoms with E-state index in [1.54, 1.807) is 25.7 Å². The Morgan fingerprint density at radius 1 is 1.02 bits per heavy atom. The summed E-state index contributed by atoms with van der Waals surface area (Å²) in [5, 5.41) is -0.458. The highest BCUT2D eigenvalue weighted by molar-refractivity contribution is 7.99. The Hall–Kier alpha value is -3.06. The van der Waals surface area contributed by atoms with Gasteiger partial charge in [-0.1, -0.05) is 11.6 Å². The maximum absolute atomic E-state index is 15.1. The van der Waals surface area contributed by atoms with E-state index in [1.807, 2.05) is 0 Å². The van der Waals surface area contributed by atoms with Crippen LogP contribution in [-0.4, -0.2) is 58.1 Å². The van der Waals surface area contributed by atoms with Gasteiger partial charge in [0.05, 0.1) is 16.1 Å². The minimum absolute atomic E-state index is 0.0436. The molecule has 7 nitrogen and oxygen atoms in total. The highest BCUT2D eigenvalue weighted by atomic mass is 35.5. The van der Waals surface area contributed by atoms with E-state index >= 15 is 4.39 Å². The predicted molar refractivity (Wildman–Crippen MR) is 147 cm³/mol. The molecular weight excluding hydrogens is 591 g/mol. The van der Waals surface area contributed by atoms with Crippen LogP contribution in [0.25, 0.3) is 22.0 Å². The Balaban J connectivity index is 1.70. The molecule has 3 aromatic rings. The maximum Gasteiger partial charge on any atom is 0.417 e. The molecule has 1 aromatic heterocycles. The van der Waals surface area contributed by atoms with Crippen molar-refractivity contribution in [3.05, 3.63) is 50.9 Å². The second kappa shape index (κ2) is 10.6. The number of aryl methyl sites for hydroxylation is 1. The molecule has 0 N–H and O–H groups in total. The van der Waals surface area contributed by atoms with Crippen molar-refractivity contribution in [2.45, 2.75) is 50.4 Å². The van der Waals surface area contributed by atoms with Crippen molar-refractivity contribution in [2.24, 2.45) is 0 Å². The molecule has 0 spiro atoms. The van der Waals surface area contributed by atoms with E-state index in [9.17, 15) is 27.2 Å². The minimum Gasteiger partial charge on any atom is -0.444 e. The van der Waals surface area contributed by atoms with E-state index < -0.39 is 56.9 Å². The fraction of sp³-hybridized carbons (Fsp3) is 0.444. The van der Waals surface area contributed by atoms with Gasteiger partial charge in [-0.3, -0.25) is 4.57 Å². The summed E-state index contributed by atoms with van der Waals surface area (Å²) in [7, 11) is 0. The van der Waals surface area contributed by atoms with Crippen molar-refractivity contribution in [3.63, 3.8) is 0 Å². The molecule has 0 radical (unpaired) electrons. The number of aromatic nitrogens is 2. The zero-order chi connectivity index (χ0) is 29.9. The van der Waals surface area contributed by atoms with Crippen molar-refractivity contribution < 1.29 is 31.5 Å². The number of halogens is 6. The van der Waals surface area contributed by atoms with Gasteiger partial charge >= 0.3 is 18.0 Å². The number of hydrogen-bond donors (Lipinski definition) is 0. The zero-order valence-electron chi connectivity index (χ0n) is 22.4. The Bertz CT molecular complexity index is 1600. The summed E-state index contributed by atoms with van der Waals surface area (Å²) in [6, 6.07) is 2.16. The molecule has 41 heavy (non-hydrogen) atoms. The molecule has 0 atom stereocenters. The quantitative estimate of drug-likeness (QED) is 0.240. The first-order chi connectivity index (χ1) is 19.2. The number of hydrogen-bond acceptors (Lipinski definition) is 6. The van der Waals surface area contributed by atoms with Gasteiger partial charge in [0, 0.05) is 60.2 Å². The molecule has 1 amide bonds. The summed E-state index contributed by atoms with van der Waals surface area (Å²) >= 11 is 6.94. The van der Waals surface area contributed by atoms with Crippen LogP contribution in [0.1, 0.15) is 32.8 Å². The molecule has 220 valence electrons. The van der Waals surface area contributed by atoms with Crippen LogP contribution in [0.15, 0.2) is 27.9 Å². The van der Waals surface area contributed by atoms with Gasteiger partial charge in [0.15, 0.2) is 0 Å². The number of rotatable bonds is 2. The molecule has 14 heteroatoms. The minimum atomic E-state index is -4.94. The number of carbonyl (C=O) groups is 1. The average Bonchev–Trinajstić information content (AvgIpc) is 3.11. The normalized spacial score (nSPS) is 16.2. The van der Waals surface area contributed by atoms with Crippen molar-refractivity contribution in [1.29, 1.82) is 0 Å². The van der Waals surface area contributed by atoms with Crippen LogP contribution >= 0.6 is 23.4 Å². The van der Waals surface area contributed by atoms with Gasteiger partial charge in [-0.05, 0) is 45.1 Å². The standard InChI is InChI=1S/C27H26ClF5N4O3S/c1-26(2,3)40-25(39)36-8-6-35(7-9-36)23-15-11-16(27(31,32)33)20(14-12-17(28)19(30)13-18(14)29)22-21(15)37(24(38)34-23)5-4-10-41-22/h11-13H,4-10H2,1-3H3. The Kier molecular flexibility index (Phi) is 7.64. The van der Waals surface area contributed by atoms with E-state index in [4.69, 9.17) is 16.3 Å². The number of alkyl halides is 3. The fourth-order valence-corrected chi connectivity index (χ4v) is 6.37. The van der Waals surface area contributed by atoms with Gasteiger partial charge in [0.2, 0.25) is 0 Å². The van der Waals surface area contributed by atoms with Gasteiger partial charge in [-0.15, -0.1) is 11.8 Å². The molecule has 2 aliphatic rings. The van der Waals surface area contributed by atoms with Gasteiger partial charge in [-0.2, -0.15) is 18.2 Å². The predicted octanol–water partition coefficient (Wildman–Crippen LogP) is 6.57. The van der Waals surface area contributed by atoms with E-state index in [1.165, 1.54) is 9.47 Å². The van der Waals surface area contributed by atoms with Crippen molar-refractivity contribution in [3.8, 4) is 11.1 Å². The third kappa shape index (κ3) is 5.70. The molecular formula is C27H26ClF5N4O3S. The second-order valence-electron chi connectivity index (χ2n) is 10.8. The molecule has 5 rings (SSSR count). The van der Waals surface area contributed by atoms with Crippen LogP contribution in [0.5, 0.6) is 0 Å².